The van der Waals surface area contributed by atoms with E-state index < -0.39 is 5.60 Å². The topological polar surface area (TPSA) is 109 Å². The second-order valence-electron chi connectivity index (χ2n) is 8.34. The quantitative estimate of drug-likeness (QED) is 0.586. The van der Waals surface area contributed by atoms with E-state index in [9.17, 15) is 4.79 Å². The van der Waals surface area contributed by atoms with Crippen molar-refractivity contribution >= 4 is 16.9 Å². The molecule has 30 heavy (non-hydrogen) atoms. The molecule has 9 heteroatoms. The predicted molar refractivity (Wildman–Crippen MR) is 114 cm³/mol. The number of aromatic nitrogens is 5. The van der Waals surface area contributed by atoms with Gasteiger partial charge in [-0.25, -0.2) is 4.79 Å². The molecule has 3 rings (SSSR count). The highest BCUT2D eigenvalue weighted by molar-refractivity contribution is 5.81. The van der Waals surface area contributed by atoms with Gasteiger partial charge >= 0.3 is 6.09 Å². The van der Waals surface area contributed by atoms with E-state index in [-0.39, 0.29) is 12.1 Å². The smallest absolute Gasteiger partial charge is 0.410 e. The van der Waals surface area contributed by atoms with Gasteiger partial charge in [-0.05, 0) is 50.8 Å². The molecule has 9 nitrogen and oxygen atoms in total. The Kier molecular flexibility index (Phi) is 6.94. The van der Waals surface area contributed by atoms with Gasteiger partial charge in [0.2, 0.25) is 0 Å². The molecular weight excluding hydrogens is 382 g/mol. The number of aromatic amines is 1. The molecule has 2 aromatic heterocycles. The molecule has 1 amide bonds. The summed E-state index contributed by atoms with van der Waals surface area (Å²) in [4.78, 5) is 18.5. The lowest BCUT2D eigenvalue weighted by Gasteiger charge is -2.29. The van der Waals surface area contributed by atoms with Crippen molar-refractivity contribution in [3.05, 3.63) is 48.0 Å². The van der Waals surface area contributed by atoms with Gasteiger partial charge in [0.1, 0.15) is 5.60 Å². The summed E-state index contributed by atoms with van der Waals surface area (Å²) >= 11 is 0. The van der Waals surface area contributed by atoms with Crippen LogP contribution in [0.25, 0.3) is 10.8 Å². The van der Waals surface area contributed by atoms with E-state index in [1.165, 1.54) is 5.56 Å². The summed E-state index contributed by atoms with van der Waals surface area (Å²) in [5, 5.41) is 19.7. The number of hydrogen-bond donors (Lipinski definition) is 2. The Bertz CT molecular complexity index is 953. The summed E-state index contributed by atoms with van der Waals surface area (Å²) in [5.41, 5.74) is 0.620. The van der Waals surface area contributed by atoms with Crippen LogP contribution < -0.4 is 5.32 Å². The minimum atomic E-state index is -0.557. The molecular formula is C21H29N7O2. The molecule has 0 saturated heterocycles. The second-order valence-corrected chi connectivity index (χ2v) is 8.34. The molecule has 0 saturated carbocycles. The number of nitrogens with one attached hydrogen (secondary N) is 2. The number of carbonyl (C=O) groups is 1. The summed E-state index contributed by atoms with van der Waals surface area (Å²) in [6, 6.07) is 8.38. The third kappa shape index (κ3) is 6.48. The summed E-state index contributed by atoms with van der Waals surface area (Å²) in [6.07, 6.45) is 3.81. The van der Waals surface area contributed by atoms with Gasteiger partial charge in [0.25, 0.3) is 0 Å². The number of nitrogens with zero attached hydrogens (tertiary/aromatic N) is 5. The molecule has 1 aromatic carbocycles. The third-order valence-corrected chi connectivity index (χ3v) is 4.50. The largest absolute Gasteiger partial charge is 0.444 e. The Hall–Kier alpha value is -3.07. The van der Waals surface area contributed by atoms with Crippen LogP contribution in [0.3, 0.4) is 0 Å². The molecule has 2 N–H and O–H groups in total. The molecule has 0 spiro atoms. The first-order chi connectivity index (χ1) is 14.3. The van der Waals surface area contributed by atoms with Gasteiger partial charge in [-0.15, -0.1) is 10.2 Å². The Morgan fingerprint density at radius 3 is 2.83 bits per heavy atom. The lowest BCUT2D eigenvalue weighted by Crippen LogP contribution is -2.45. The monoisotopic (exact) mass is 411 g/mol. The summed E-state index contributed by atoms with van der Waals surface area (Å²) in [6.45, 7) is 9.29. The van der Waals surface area contributed by atoms with Crippen LogP contribution >= 0.6 is 0 Å². The van der Waals surface area contributed by atoms with Crippen LogP contribution in [0.4, 0.5) is 4.79 Å². The molecule has 2 heterocycles. The summed E-state index contributed by atoms with van der Waals surface area (Å²) in [5.74, 6) is 0.565. The van der Waals surface area contributed by atoms with E-state index in [2.05, 4.69) is 56.0 Å². The Morgan fingerprint density at radius 2 is 2.10 bits per heavy atom. The number of carbonyl (C=O) groups excluding carboxylic acids is 1. The van der Waals surface area contributed by atoms with Gasteiger partial charge in [-0.1, -0.05) is 17.3 Å². The molecule has 160 valence electrons. The highest BCUT2D eigenvalue weighted by Gasteiger charge is 2.23. The number of benzene rings is 1. The second kappa shape index (κ2) is 9.62. The average molecular weight is 412 g/mol. The fraction of sp³-hybridized carbons (Fsp3) is 0.476. The molecule has 0 unspecified atom stereocenters. The van der Waals surface area contributed by atoms with E-state index in [0.29, 0.717) is 31.9 Å². The number of pyridine rings is 1. The number of rotatable bonds is 8. The molecule has 0 bridgehead atoms. The Balaban J connectivity index is 1.58. The van der Waals surface area contributed by atoms with Gasteiger partial charge in [0.15, 0.2) is 5.82 Å². The van der Waals surface area contributed by atoms with E-state index >= 15 is 0 Å². The zero-order valence-corrected chi connectivity index (χ0v) is 17.9. The van der Waals surface area contributed by atoms with Crippen molar-refractivity contribution in [3.63, 3.8) is 0 Å². The fourth-order valence-corrected chi connectivity index (χ4v) is 3.04. The number of H-pyrrole nitrogens is 1. The zero-order valence-electron chi connectivity index (χ0n) is 17.9. The van der Waals surface area contributed by atoms with Gasteiger partial charge in [-0.2, -0.15) is 5.21 Å². The van der Waals surface area contributed by atoms with Crippen LogP contribution in [-0.4, -0.2) is 61.3 Å². The van der Waals surface area contributed by atoms with Crippen LogP contribution in [0, 0.1) is 0 Å². The maximum absolute atomic E-state index is 12.7. The molecule has 1 atom stereocenters. The third-order valence-electron chi connectivity index (χ3n) is 4.50. The van der Waals surface area contributed by atoms with Crippen molar-refractivity contribution < 1.29 is 9.53 Å². The van der Waals surface area contributed by atoms with E-state index in [4.69, 9.17) is 4.74 Å². The highest BCUT2D eigenvalue weighted by Crippen LogP contribution is 2.15. The standard InChI is InChI=1S/C21H29N7O2/c1-15(23-12-16-5-6-18-13-22-9-7-17(18)11-16)14-28(20(29)30-21(2,3)4)10-8-19-24-26-27-25-19/h5-7,9,11,13,15,23H,8,10,12,14H2,1-4H3,(H,24,25,26,27)/t15-/m1/s1. The van der Waals surface area contributed by atoms with Gasteiger partial charge in [0, 0.05) is 49.9 Å². The summed E-state index contributed by atoms with van der Waals surface area (Å²) in [7, 11) is 0. The van der Waals surface area contributed by atoms with Gasteiger partial charge in [-0.3, -0.25) is 4.98 Å². The maximum Gasteiger partial charge on any atom is 0.410 e. The van der Waals surface area contributed by atoms with Crippen LogP contribution in [0.2, 0.25) is 0 Å². The van der Waals surface area contributed by atoms with E-state index in [1.807, 2.05) is 33.0 Å². The summed E-state index contributed by atoms with van der Waals surface area (Å²) < 4.78 is 5.57. The lowest BCUT2D eigenvalue weighted by atomic mass is 10.1. The predicted octanol–water partition coefficient (Wildman–Crippen LogP) is 2.71. The van der Waals surface area contributed by atoms with Crippen molar-refractivity contribution in [1.29, 1.82) is 0 Å². The molecule has 0 aliphatic carbocycles. The molecule has 0 aliphatic heterocycles. The van der Waals surface area contributed by atoms with Crippen LogP contribution in [-0.2, 0) is 17.7 Å². The SMILES string of the molecule is C[C@H](CN(CCc1nn[nH]n1)C(=O)OC(C)(C)C)NCc1ccc2cnccc2c1. The van der Waals surface area contributed by atoms with Crippen LogP contribution in [0.5, 0.6) is 0 Å². The Labute approximate surface area is 176 Å². The van der Waals surface area contributed by atoms with E-state index in [1.54, 1.807) is 11.1 Å². The maximum atomic E-state index is 12.7. The van der Waals surface area contributed by atoms with E-state index in [0.717, 1.165) is 10.8 Å². The molecule has 3 aromatic rings. The fourth-order valence-electron chi connectivity index (χ4n) is 3.04. The number of ether oxygens (including phenoxy) is 1. The van der Waals surface area contributed by atoms with Gasteiger partial charge in [0.05, 0.1) is 0 Å². The minimum absolute atomic E-state index is 0.0657. The number of hydrogen-bond acceptors (Lipinski definition) is 7. The van der Waals surface area contributed by atoms with Crippen molar-refractivity contribution in [2.24, 2.45) is 0 Å². The minimum Gasteiger partial charge on any atom is -0.444 e. The number of fused-ring (bicyclic) bond motifs is 1. The molecule has 0 aliphatic rings. The normalized spacial score (nSPS) is 12.7. The van der Waals surface area contributed by atoms with Crippen molar-refractivity contribution in [1.82, 2.24) is 35.8 Å². The molecule has 0 radical (unpaired) electrons. The average Bonchev–Trinajstić information content (AvgIpc) is 3.21. The number of tetrazole rings is 1. The highest BCUT2D eigenvalue weighted by atomic mass is 16.6. The molecule has 0 fully saturated rings. The first kappa shape index (κ1) is 21.6. The first-order valence-corrected chi connectivity index (χ1v) is 10.1. The van der Waals surface area contributed by atoms with Crippen molar-refractivity contribution in [2.45, 2.75) is 52.3 Å². The Morgan fingerprint density at radius 1 is 1.27 bits per heavy atom. The van der Waals surface area contributed by atoms with Crippen LogP contribution in [0.15, 0.2) is 36.7 Å². The first-order valence-electron chi connectivity index (χ1n) is 10.1. The van der Waals surface area contributed by atoms with Crippen molar-refractivity contribution in [3.8, 4) is 0 Å². The lowest BCUT2D eigenvalue weighted by molar-refractivity contribution is 0.0236. The van der Waals surface area contributed by atoms with Crippen molar-refractivity contribution in [2.75, 3.05) is 13.1 Å². The van der Waals surface area contributed by atoms with Gasteiger partial charge < -0.3 is 15.0 Å². The van der Waals surface area contributed by atoms with Crippen LogP contribution in [0.1, 0.15) is 39.1 Å². The number of amides is 1. The zero-order chi connectivity index (χ0) is 21.6.